The zero-order chi connectivity index (χ0) is 14.1. The number of nitriles is 1. The Morgan fingerprint density at radius 1 is 1.45 bits per heavy atom. The van der Waals surface area contributed by atoms with E-state index in [1.54, 1.807) is 6.20 Å². The van der Waals surface area contributed by atoms with Crippen molar-refractivity contribution in [2.24, 2.45) is 0 Å². The van der Waals surface area contributed by atoms with Crippen LogP contribution in [0.5, 0.6) is 0 Å². The van der Waals surface area contributed by atoms with Crippen molar-refractivity contribution < 1.29 is 4.52 Å². The highest BCUT2D eigenvalue weighted by Gasteiger charge is 2.30. The molecule has 20 heavy (non-hydrogen) atoms. The van der Waals surface area contributed by atoms with E-state index < -0.39 is 0 Å². The number of rotatable bonds is 2. The lowest BCUT2D eigenvalue weighted by Gasteiger charge is -2.18. The van der Waals surface area contributed by atoms with Crippen LogP contribution in [0.3, 0.4) is 0 Å². The summed E-state index contributed by atoms with van der Waals surface area (Å²) in [6.07, 6.45) is 2.68. The topological polar surface area (TPSA) is 78.8 Å². The van der Waals surface area contributed by atoms with Crippen LogP contribution in [-0.2, 0) is 0 Å². The van der Waals surface area contributed by atoms with Crippen LogP contribution in [0.1, 0.15) is 35.2 Å². The van der Waals surface area contributed by atoms with Gasteiger partial charge in [0.1, 0.15) is 11.9 Å². The van der Waals surface area contributed by atoms with E-state index in [1.165, 1.54) is 0 Å². The predicted octanol–water partition coefficient (Wildman–Crippen LogP) is 1.95. The van der Waals surface area contributed by atoms with Crippen LogP contribution < -0.4 is 4.90 Å². The van der Waals surface area contributed by atoms with Gasteiger partial charge in [0.2, 0.25) is 5.89 Å². The third-order valence-electron chi connectivity index (χ3n) is 3.63. The molecular formula is C14H15N5O. The van der Waals surface area contributed by atoms with Crippen molar-refractivity contribution in [3.8, 4) is 6.07 Å². The average molecular weight is 269 g/mol. The number of nitrogens with zero attached hydrogens (tertiary/aromatic N) is 5. The summed E-state index contributed by atoms with van der Waals surface area (Å²) in [5.41, 5.74) is 1.60. The molecule has 2 aromatic rings. The van der Waals surface area contributed by atoms with Gasteiger partial charge in [-0.15, -0.1) is 0 Å². The van der Waals surface area contributed by atoms with E-state index in [0.29, 0.717) is 17.3 Å². The molecule has 1 atom stereocenters. The zero-order valence-electron chi connectivity index (χ0n) is 11.5. The minimum Gasteiger partial charge on any atom is -0.355 e. The molecule has 3 rings (SSSR count). The average Bonchev–Trinajstić information content (AvgIpc) is 3.07. The maximum atomic E-state index is 9.29. The summed E-state index contributed by atoms with van der Waals surface area (Å²) in [6, 6.07) is 4.10. The first-order valence-corrected chi connectivity index (χ1v) is 6.60. The molecule has 2 aromatic heterocycles. The molecule has 1 aliphatic heterocycles. The molecular weight excluding hydrogens is 254 g/mol. The quantitative estimate of drug-likeness (QED) is 0.829. The molecule has 0 spiro atoms. The van der Waals surface area contributed by atoms with Crippen molar-refractivity contribution in [2.75, 3.05) is 18.0 Å². The largest absolute Gasteiger partial charge is 0.355 e. The molecule has 0 radical (unpaired) electrons. The third-order valence-corrected chi connectivity index (χ3v) is 3.63. The number of hydrogen-bond acceptors (Lipinski definition) is 6. The van der Waals surface area contributed by atoms with E-state index >= 15 is 0 Å². The molecule has 0 bridgehead atoms. The van der Waals surface area contributed by atoms with Gasteiger partial charge >= 0.3 is 0 Å². The summed E-state index contributed by atoms with van der Waals surface area (Å²) in [6.45, 7) is 5.35. The molecule has 3 heterocycles. The van der Waals surface area contributed by atoms with Crippen LogP contribution in [0.4, 0.5) is 5.82 Å². The van der Waals surface area contributed by atoms with Gasteiger partial charge in [0.05, 0.1) is 11.5 Å². The number of anilines is 1. The molecule has 1 unspecified atom stereocenters. The summed E-state index contributed by atoms with van der Waals surface area (Å²) in [4.78, 5) is 10.8. The molecule has 1 fully saturated rings. The standard InChI is InChI=1S/C14H15N5O/c1-9-3-5-16-13(12(9)7-15)19-6-4-11(8-19)14-17-10(2)18-20-14/h3,5,11H,4,6,8H2,1-2H3. The summed E-state index contributed by atoms with van der Waals surface area (Å²) >= 11 is 0. The first-order valence-electron chi connectivity index (χ1n) is 6.60. The van der Waals surface area contributed by atoms with E-state index in [2.05, 4.69) is 26.1 Å². The molecule has 0 saturated carbocycles. The molecule has 0 amide bonds. The highest BCUT2D eigenvalue weighted by molar-refractivity contribution is 5.57. The Hall–Kier alpha value is -2.42. The lowest BCUT2D eigenvalue weighted by molar-refractivity contribution is 0.356. The monoisotopic (exact) mass is 269 g/mol. The Morgan fingerprint density at radius 2 is 2.30 bits per heavy atom. The Balaban J connectivity index is 1.84. The van der Waals surface area contributed by atoms with E-state index in [4.69, 9.17) is 4.52 Å². The summed E-state index contributed by atoms with van der Waals surface area (Å²) in [5.74, 6) is 2.30. The maximum absolute atomic E-state index is 9.29. The van der Waals surface area contributed by atoms with Crippen molar-refractivity contribution in [1.82, 2.24) is 15.1 Å². The minimum absolute atomic E-state index is 0.213. The van der Waals surface area contributed by atoms with E-state index in [-0.39, 0.29) is 5.92 Å². The highest BCUT2D eigenvalue weighted by atomic mass is 16.5. The van der Waals surface area contributed by atoms with Gasteiger partial charge < -0.3 is 9.42 Å². The molecule has 0 N–H and O–H groups in total. The summed E-state index contributed by atoms with van der Waals surface area (Å²) in [7, 11) is 0. The second-order valence-electron chi connectivity index (χ2n) is 5.05. The molecule has 102 valence electrons. The molecule has 1 saturated heterocycles. The highest BCUT2D eigenvalue weighted by Crippen LogP contribution is 2.31. The van der Waals surface area contributed by atoms with E-state index in [0.717, 1.165) is 30.9 Å². The molecule has 0 aromatic carbocycles. The van der Waals surface area contributed by atoms with Gasteiger partial charge in [-0.1, -0.05) is 5.16 Å². The maximum Gasteiger partial charge on any atom is 0.231 e. The van der Waals surface area contributed by atoms with Gasteiger partial charge in [-0.2, -0.15) is 10.2 Å². The molecule has 1 aliphatic rings. The number of aromatic nitrogens is 3. The van der Waals surface area contributed by atoms with Gasteiger partial charge in [0.25, 0.3) is 0 Å². The first-order chi connectivity index (χ1) is 9.69. The van der Waals surface area contributed by atoms with Crippen LogP contribution in [0, 0.1) is 25.2 Å². The van der Waals surface area contributed by atoms with Crippen LogP contribution in [0.25, 0.3) is 0 Å². The van der Waals surface area contributed by atoms with Gasteiger partial charge in [-0.3, -0.25) is 0 Å². The Kier molecular flexibility index (Phi) is 3.11. The van der Waals surface area contributed by atoms with Crippen LogP contribution >= 0.6 is 0 Å². The lowest BCUT2D eigenvalue weighted by Crippen LogP contribution is -2.22. The SMILES string of the molecule is Cc1noc(C2CCN(c3nccc(C)c3C#N)C2)n1. The van der Waals surface area contributed by atoms with Crippen molar-refractivity contribution >= 4 is 5.82 Å². The Bertz CT molecular complexity index is 672. The Labute approximate surface area is 117 Å². The van der Waals surface area contributed by atoms with Gasteiger partial charge in [-0.05, 0) is 31.9 Å². The normalized spacial score (nSPS) is 18.2. The molecule has 0 aliphatic carbocycles. The number of hydrogen-bond donors (Lipinski definition) is 0. The summed E-state index contributed by atoms with van der Waals surface area (Å²) < 4.78 is 5.24. The van der Waals surface area contributed by atoms with Crippen LogP contribution in [0.15, 0.2) is 16.8 Å². The summed E-state index contributed by atoms with van der Waals surface area (Å²) in [5, 5.41) is 13.1. The fourth-order valence-electron chi connectivity index (χ4n) is 2.56. The second-order valence-corrected chi connectivity index (χ2v) is 5.05. The van der Waals surface area contributed by atoms with Crippen LogP contribution in [0.2, 0.25) is 0 Å². The number of aryl methyl sites for hydroxylation is 2. The predicted molar refractivity (Wildman–Crippen MR) is 72.3 cm³/mol. The molecule has 6 heteroatoms. The minimum atomic E-state index is 0.213. The third kappa shape index (κ3) is 2.11. The van der Waals surface area contributed by atoms with Crippen molar-refractivity contribution in [2.45, 2.75) is 26.2 Å². The lowest BCUT2D eigenvalue weighted by atomic mass is 10.1. The van der Waals surface area contributed by atoms with Gasteiger partial charge in [0, 0.05) is 19.3 Å². The fraction of sp³-hybridized carbons (Fsp3) is 0.429. The van der Waals surface area contributed by atoms with Gasteiger partial charge in [-0.25, -0.2) is 4.98 Å². The van der Waals surface area contributed by atoms with E-state index in [9.17, 15) is 5.26 Å². The van der Waals surface area contributed by atoms with Crippen molar-refractivity contribution in [1.29, 1.82) is 5.26 Å². The van der Waals surface area contributed by atoms with Crippen molar-refractivity contribution in [3.05, 3.63) is 35.1 Å². The second kappa shape index (κ2) is 4.93. The van der Waals surface area contributed by atoms with Gasteiger partial charge in [0.15, 0.2) is 5.82 Å². The smallest absolute Gasteiger partial charge is 0.231 e. The van der Waals surface area contributed by atoms with Crippen LogP contribution in [-0.4, -0.2) is 28.2 Å². The zero-order valence-corrected chi connectivity index (χ0v) is 11.5. The Morgan fingerprint density at radius 3 is 3.00 bits per heavy atom. The fourth-order valence-corrected chi connectivity index (χ4v) is 2.56. The molecule has 6 nitrogen and oxygen atoms in total. The van der Waals surface area contributed by atoms with Crippen molar-refractivity contribution in [3.63, 3.8) is 0 Å². The van der Waals surface area contributed by atoms with E-state index in [1.807, 2.05) is 19.9 Å². The number of pyridine rings is 1. The first kappa shape index (κ1) is 12.6.